The Morgan fingerprint density at radius 1 is 0.516 bits per heavy atom. The Bertz CT molecular complexity index is 678. The van der Waals surface area contributed by atoms with Gasteiger partial charge in [0, 0.05) is 9.85 Å². The minimum atomic E-state index is -0.500. The molecule has 0 radical (unpaired) electrons. The predicted molar refractivity (Wildman–Crippen MR) is 135 cm³/mol. The van der Waals surface area contributed by atoms with Crippen molar-refractivity contribution in [3.05, 3.63) is 105 Å². The summed E-state index contributed by atoms with van der Waals surface area (Å²) in [6, 6.07) is 27.0. The minimum absolute atomic E-state index is 0.500. The van der Waals surface area contributed by atoms with Gasteiger partial charge in [-0.25, -0.2) is 0 Å². The van der Waals surface area contributed by atoms with Gasteiger partial charge in [-0.2, -0.15) is 0 Å². The topological polar surface area (TPSA) is 86.3 Å². The van der Waals surface area contributed by atoms with Crippen LogP contribution in [0, 0.1) is 27.2 Å². The van der Waals surface area contributed by atoms with Crippen molar-refractivity contribution in [1.29, 1.82) is 0 Å². The van der Waals surface area contributed by atoms with Gasteiger partial charge in [0.15, 0.2) is 14.1 Å². The monoisotopic (exact) mass is 432 g/mol. The molecule has 0 saturated heterocycles. The summed E-state index contributed by atoms with van der Waals surface area (Å²) in [6.07, 6.45) is 0. The van der Waals surface area contributed by atoms with Crippen molar-refractivity contribution < 1.29 is 9.85 Å². The molecule has 0 spiro atoms. The maximum atomic E-state index is 8.81. The molecule has 174 valence electrons. The van der Waals surface area contributed by atoms with Crippen LogP contribution in [0.5, 0.6) is 0 Å². The Kier molecular flexibility index (Phi) is 32.8. The molecule has 0 N–H and O–H groups in total. The van der Waals surface area contributed by atoms with Gasteiger partial charge in [-0.3, -0.25) is 20.2 Å². The summed E-state index contributed by atoms with van der Waals surface area (Å²) >= 11 is 0. The molecule has 0 fully saturated rings. The first-order valence-corrected chi connectivity index (χ1v) is 10.4. The first kappa shape index (κ1) is 35.2. The van der Waals surface area contributed by atoms with Gasteiger partial charge in [0.2, 0.25) is 0 Å². The molecule has 31 heavy (non-hydrogen) atoms. The van der Waals surface area contributed by atoms with Crippen molar-refractivity contribution >= 4 is 10.8 Å². The van der Waals surface area contributed by atoms with E-state index in [4.69, 9.17) is 20.2 Å². The molecule has 3 aromatic rings. The number of aryl methyl sites for hydroxylation is 1. The zero-order valence-electron chi connectivity index (χ0n) is 20.5. The van der Waals surface area contributed by atoms with E-state index >= 15 is 0 Å². The molecule has 0 aliphatic carbocycles. The van der Waals surface area contributed by atoms with Crippen LogP contribution in [0.1, 0.15) is 47.1 Å². The molecule has 0 aliphatic heterocycles. The van der Waals surface area contributed by atoms with Gasteiger partial charge in [0.05, 0.1) is 0 Å². The Morgan fingerprint density at radius 2 is 0.710 bits per heavy atom. The molecule has 0 unspecified atom stereocenters. The highest BCUT2D eigenvalue weighted by Gasteiger charge is 1.85. The maximum absolute atomic E-state index is 8.81. The van der Waals surface area contributed by atoms with Crippen LogP contribution < -0.4 is 0 Å². The second-order valence-electron chi connectivity index (χ2n) is 4.88. The van der Waals surface area contributed by atoms with E-state index in [2.05, 4.69) is 67.6 Å². The number of hydrogen-bond acceptors (Lipinski definition) is 4. The van der Waals surface area contributed by atoms with Crippen molar-refractivity contribution in [3.63, 3.8) is 0 Å². The van der Waals surface area contributed by atoms with Gasteiger partial charge in [-0.05, 0) is 17.7 Å². The molecule has 0 amide bonds. The molecule has 0 saturated carbocycles. The molecule has 0 aromatic heterocycles. The average Bonchev–Trinajstić information content (AvgIpc) is 2.78. The van der Waals surface area contributed by atoms with Crippen molar-refractivity contribution in [3.8, 4) is 0 Å². The molecule has 0 aliphatic rings. The molecule has 6 heteroatoms. The van der Waals surface area contributed by atoms with Crippen LogP contribution in [-0.4, -0.2) is 23.9 Å². The Balaban J connectivity index is -0.000000154. The minimum Gasteiger partial charge on any atom is -0.265 e. The number of fused-ring (bicyclic) bond motifs is 1. The summed E-state index contributed by atoms with van der Waals surface area (Å²) < 4.78 is 0. The Labute approximate surface area is 188 Å². The standard InChI is InChI=1S/C10H8.C7H8.3C2H6.2CH3NO2/c1-2-6-10-8-4-3-7-9(10)5-1;1-7-5-3-2-4-6-7;3*1-2;2*1-2(3)4/h1-8H;2-6H,1H3;3*1-2H3;2*1H3. The third-order valence-electron chi connectivity index (χ3n) is 2.60. The number of hydrogen-bond donors (Lipinski definition) is 0. The lowest BCUT2D eigenvalue weighted by Gasteiger charge is -1.92. The molecule has 6 nitrogen and oxygen atoms in total. The number of nitro groups is 2. The summed E-state index contributed by atoms with van der Waals surface area (Å²) in [5.74, 6) is 0. The van der Waals surface area contributed by atoms with E-state index in [1.54, 1.807) is 0 Å². The van der Waals surface area contributed by atoms with Gasteiger partial charge in [0.25, 0.3) is 0 Å². The summed E-state index contributed by atoms with van der Waals surface area (Å²) in [4.78, 5) is 16.6. The van der Waals surface area contributed by atoms with E-state index in [-0.39, 0.29) is 0 Å². The zero-order chi connectivity index (χ0) is 25.1. The smallest absolute Gasteiger partial charge is 0.194 e. The van der Waals surface area contributed by atoms with Crippen molar-refractivity contribution in [2.45, 2.75) is 48.5 Å². The van der Waals surface area contributed by atoms with Crippen LogP contribution in [-0.2, 0) is 0 Å². The first-order chi connectivity index (χ1) is 14.8. The summed E-state index contributed by atoms with van der Waals surface area (Å²) in [5, 5.41) is 20.2. The number of benzene rings is 3. The normalized spacial score (nSPS) is 7.39. The second-order valence-corrected chi connectivity index (χ2v) is 4.88. The van der Waals surface area contributed by atoms with Gasteiger partial charge < -0.3 is 0 Å². The predicted octanol–water partition coefficient (Wildman–Crippen LogP) is 7.70. The molecule has 3 rings (SSSR count). The molecule has 0 atom stereocenters. The van der Waals surface area contributed by atoms with Crippen molar-refractivity contribution in [1.82, 2.24) is 0 Å². The SMILES string of the molecule is CC.CC.CC.C[N+](=O)[O-].C[N+](=O)[O-].Cc1ccccc1.c1ccc2ccccc2c1. The van der Waals surface area contributed by atoms with E-state index in [0.717, 1.165) is 14.1 Å². The van der Waals surface area contributed by atoms with E-state index in [0.29, 0.717) is 0 Å². The third-order valence-corrected chi connectivity index (χ3v) is 2.60. The fraction of sp³-hybridized carbons (Fsp3) is 0.360. The lowest BCUT2D eigenvalue weighted by atomic mass is 10.1. The highest BCUT2D eigenvalue weighted by Crippen LogP contribution is 2.11. The second kappa shape index (κ2) is 28.9. The van der Waals surface area contributed by atoms with Crippen LogP contribution in [0.15, 0.2) is 78.9 Å². The highest BCUT2D eigenvalue weighted by molar-refractivity contribution is 5.81. The van der Waals surface area contributed by atoms with E-state index < -0.39 is 9.85 Å². The summed E-state index contributed by atoms with van der Waals surface area (Å²) in [5.41, 5.74) is 1.32. The molecular weight excluding hydrogens is 392 g/mol. The maximum Gasteiger partial charge on any atom is 0.194 e. The fourth-order valence-corrected chi connectivity index (χ4v) is 1.67. The van der Waals surface area contributed by atoms with Crippen LogP contribution >= 0.6 is 0 Å². The largest absolute Gasteiger partial charge is 0.265 e. The van der Waals surface area contributed by atoms with Gasteiger partial charge >= 0.3 is 0 Å². The van der Waals surface area contributed by atoms with E-state index in [9.17, 15) is 0 Å². The van der Waals surface area contributed by atoms with Gasteiger partial charge in [-0.15, -0.1) is 0 Å². The number of nitrogens with zero attached hydrogens (tertiary/aromatic N) is 2. The quantitative estimate of drug-likeness (QED) is 0.269. The highest BCUT2D eigenvalue weighted by atomic mass is 16.6. The zero-order valence-corrected chi connectivity index (χ0v) is 20.5. The summed E-state index contributed by atoms with van der Waals surface area (Å²) in [7, 11) is 1.78. The van der Waals surface area contributed by atoms with Crippen LogP contribution in [0.25, 0.3) is 10.8 Å². The Morgan fingerprint density at radius 3 is 0.871 bits per heavy atom. The lowest BCUT2D eigenvalue weighted by Crippen LogP contribution is -1.79. The number of rotatable bonds is 0. The van der Waals surface area contributed by atoms with E-state index in [1.165, 1.54) is 16.3 Å². The van der Waals surface area contributed by atoms with Crippen LogP contribution in [0.4, 0.5) is 0 Å². The molecule has 3 aromatic carbocycles. The van der Waals surface area contributed by atoms with Gasteiger partial charge in [-0.1, -0.05) is 126 Å². The van der Waals surface area contributed by atoms with Crippen LogP contribution in [0.2, 0.25) is 0 Å². The van der Waals surface area contributed by atoms with Crippen LogP contribution in [0.3, 0.4) is 0 Å². The lowest BCUT2D eigenvalue weighted by molar-refractivity contribution is -0.445. The van der Waals surface area contributed by atoms with Gasteiger partial charge in [0.1, 0.15) is 0 Å². The molecule has 0 heterocycles. The fourth-order valence-electron chi connectivity index (χ4n) is 1.67. The average molecular weight is 433 g/mol. The molecule has 0 bridgehead atoms. The summed E-state index contributed by atoms with van der Waals surface area (Å²) in [6.45, 7) is 14.1. The first-order valence-electron chi connectivity index (χ1n) is 10.4. The van der Waals surface area contributed by atoms with Crippen molar-refractivity contribution in [2.75, 3.05) is 14.1 Å². The van der Waals surface area contributed by atoms with E-state index in [1.807, 2.05) is 59.7 Å². The Hall–Kier alpha value is -3.28. The van der Waals surface area contributed by atoms with Crippen molar-refractivity contribution in [2.24, 2.45) is 0 Å². The third kappa shape index (κ3) is 31.6. The molecular formula is C25H40N2O4.